The van der Waals surface area contributed by atoms with Gasteiger partial charge in [0.2, 0.25) is 0 Å². The van der Waals surface area contributed by atoms with Crippen LogP contribution in [0.3, 0.4) is 0 Å². The molecule has 0 amide bonds. The quantitative estimate of drug-likeness (QED) is 0.526. The second kappa shape index (κ2) is 5.13. The van der Waals surface area contributed by atoms with Crippen molar-refractivity contribution in [2.24, 2.45) is 0 Å². The van der Waals surface area contributed by atoms with Gasteiger partial charge in [0.25, 0.3) is 0 Å². The number of carbonyl (C=O) groups is 1. The number of carboxylic acid groups (broad SMARTS) is 1. The Balaban J connectivity index is 4.33. The molecular formula is C8H14NO2P. The number of hydrogen-bond acceptors (Lipinski definition) is 2. The van der Waals surface area contributed by atoms with Crippen LogP contribution in [-0.2, 0) is 4.79 Å². The third-order valence-corrected chi connectivity index (χ3v) is 2.53. The first-order valence-corrected chi connectivity index (χ1v) is 4.28. The van der Waals surface area contributed by atoms with E-state index in [9.17, 15) is 4.79 Å². The van der Waals surface area contributed by atoms with Gasteiger partial charge in [-0.1, -0.05) is 22.2 Å². The minimum Gasteiger partial charge on any atom is -0.480 e. The SMILES string of the molecule is C#CC(C)N(P)C(CC)C(=O)O. The van der Waals surface area contributed by atoms with Gasteiger partial charge >= 0.3 is 5.97 Å². The van der Waals surface area contributed by atoms with E-state index in [2.05, 4.69) is 15.3 Å². The van der Waals surface area contributed by atoms with Gasteiger partial charge in [-0.25, -0.2) is 0 Å². The van der Waals surface area contributed by atoms with Crippen LogP contribution in [0.4, 0.5) is 0 Å². The zero-order valence-electron chi connectivity index (χ0n) is 7.32. The number of terminal acetylenes is 1. The van der Waals surface area contributed by atoms with Crippen molar-refractivity contribution in [1.82, 2.24) is 4.67 Å². The standard InChI is InChI=1S/C8H14NO2P/c1-4-6(3)9(12)7(5-2)8(10)11/h1,6-7H,5,12H2,2-3H3,(H,10,11). The van der Waals surface area contributed by atoms with E-state index in [0.717, 1.165) is 0 Å². The van der Waals surface area contributed by atoms with Crippen molar-refractivity contribution in [3.8, 4) is 12.3 Å². The summed E-state index contributed by atoms with van der Waals surface area (Å²) >= 11 is 0. The van der Waals surface area contributed by atoms with Crippen LogP contribution in [0.25, 0.3) is 0 Å². The van der Waals surface area contributed by atoms with Crippen molar-refractivity contribution in [3.05, 3.63) is 0 Å². The molecule has 0 fully saturated rings. The maximum atomic E-state index is 10.7. The molecule has 0 saturated carbocycles. The highest BCUT2D eigenvalue weighted by Gasteiger charge is 2.23. The number of nitrogens with zero attached hydrogens (tertiary/aromatic N) is 1. The van der Waals surface area contributed by atoms with Crippen molar-refractivity contribution in [3.63, 3.8) is 0 Å². The van der Waals surface area contributed by atoms with Crippen LogP contribution in [0.1, 0.15) is 20.3 Å². The molecule has 0 saturated heterocycles. The highest BCUT2D eigenvalue weighted by atomic mass is 31.0. The molecule has 4 heteroatoms. The average molecular weight is 187 g/mol. The highest BCUT2D eigenvalue weighted by Crippen LogP contribution is 2.14. The van der Waals surface area contributed by atoms with Gasteiger partial charge in [0.1, 0.15) is 6.04 Å². The van der Waals surface area contributed by atoms with Gasteiger partial charge in [-0.05, 0) is 13.3 Å². The van der Waals surface area contributed by atoms with E-state index < -0.39 is 12.0 Å². The van der Waals surface area contributed by atoms with Crippen molar-refractivity contribution < 1.29 is 9.90 Å². The van der Waals surface area contributed by atoms with Crippen LogP contribution in [0, 0.1) is 12.3 Å². The Morgan fingerprint density at radius 1 is 1.83 bits per heavy atom. The van der Waals surface area contributed by atoms with Crippen LogP contribution in [0.2, 0.25) is 0 Å². The molecule has 3 nitrogen and oxygen atoms in total. The molecule has 0 rings (SSSR count). The Morgan fingerprint density at radius 2 is 2.33 bits per heavy atom. The number of hydrogen-bond donors (Lipinski definition) is 1. The van der Waals surface area contributed by atoms with Gasteiger partial charge in [-0.15, -0.1) is 6.42 Å². The number of rotatable bonds is 4. The van der Waals surface area contributed by atoms with Gasteiger partial charge in [0.15, 0.2) is 0 Å². The van der Waals surface area contributed by atoms with Crippen molar-refractivity contribution in [2.75, 3.05) is 0 Å². The molecule has 3 unspecified atom stereocenters. The minimum atomic E-state index is -0.838. The Labute approximate surface area is 75.4 Å². The zero-order chi connectivity index (χ0) is 9.72. The molecule has 0 aromatic rings. The van der Waals surface area contributed by atoms with Crippen LogP contribution in [0.15, 0.2) is 0 Å². The summed E-state index contributed by atoms with van der Waals surface area (Å²) in [4.78, 5) is 10.7. The smallest absolute Gasteiger partial charge is 0.321 e. The predicted molar refractivity (Wildman–Crippen MR) is 51.6 cm³/mol. The van der Waals surface area contributed by atoms with E-state index in [1.54, 1.807) is 11.6 Å². The fraction of sp³-hybridized carbons (Fsp3) is 0.625. The molecule has 12 heavy (non-hydrogen) atoms. The maximum absolute atomic E-state index is 10.7. The molecule has 0 aliphatic heterocycles. The molecule has 0 aromatic heterocycles. The summed E-state index contributed by atoms with van der Waals surface area (Å²) in [7, 11) is 2.36. The first-order valence-electron chi connectivity index (χ1n) is 3.76. The van der Waals surface area contributed by atoms with Crippen LogP contribution < -0.4 is 0 Å². The summed E-state index contributed by atoms with van der Waals surface area (Å²) in [6, 6.07) is -0.683. The number of aliphatic carboxylic acids is 1. The normalized spacial score (nSPS) is 15.2. The fourth-order valence-electron chi connectivity index (χ4n) is 0.869. The second-order valence-electron chi connectivity index (χ2n) is 2.55. The predicted octanol–water partition coefficient (Wildman–Crippen LogP) is 0.963. The molecule has 0 radical (unpaired) electrons. The van der Waals surface area contributed by atoms with Gasteiger partial charge in [-0.3, -0.25) is 9.46 Å². The monoisotopic (exact) mass is 187 g/mol. The Kier molecular flexibility index (Phi) is 4.89. The van der Waals surface area contributed by atoms with E-state index in [1.807, 2.05) is 6.92 Å². The van der Waals surface area contributed by atoms with Crippen molar-refractivity contribution in [2.45, 2.75) is 32.4 Å². The molecule has 0 aromatic carbocycles. The Hall–Kier alpha value is -0.580. The third kappa shape index (κ3) is 2.81. The van der Waals surface area contributed by atoms with Gasteiger partial charge in [0.05, 0.1) is 6.04 Å². The largest absolute Gasteiger partial charge is 0.480 e. The van der Waals surface area contributed by atoms with E-state index in [-0.39, 0.29) is 6.04 Å². The molecule has 68 valence electrons. The van der Waals surface area contributed by atoms with E-state index in [1.165, 1.54) is 0 Å². The van der Waals surface area contributed by atoms with Gasteiger partial charge in [-0.2, -0.15) is 0 Å². The lowest BCUT2D eigenvalue weighted by Crippen LogP contribution is -2.38. The summed E-state index contributed by atoms with van der Waals surface area (Å²) in [6.07, 6.45) is 5.71. The maximum Gasteiger partial charge on any atom is 0.321 e. The Bertz CT molecular complexity index is 200. The lowest BCUT2D eigenvalue weighted by atomic mass is 10.2. The number of carboxylic acids is 1. The van der Waals surface area contributed by atoms with Crippen molar-refractivity contribution in [1.29, 1.82) is 0 Å². The fourth-order valence-corrected chi connectivity index (χ4v) is 1.29. The molecule has 3 atom stereocenters. The minimum absolute atomic E-state index is 0.170. The van der Waals surface area contributed by atoms with Gasteiger partial charge < -0.3 is 5.11 Å². The first kappa shape index (κ1) is 11.4. The molecule has 0 aliphatic carbocycles. The lowest BCUT2D eigenvalue weighted by Gasteiger charge is -2.25. The highest BCUT2D eigenvalue weighted by molar-refractivity contribution is 7.13. The van der Waals surface area contributed by atoms with Crippen molar-refractivity contribution >= 4 is 15.4 Å². The average Bonchev–Trinajstić information content (AvgIpc) is 2.03. The topological polar surface area (TPSA) is 40.5 Å². The van der Waals surface area contributed by atoms with E-state index >= 15 is 0 Å². The molecule has 1 N–H and O–H groups in total. The molecule has 0 spiro atoms. The summed E-state index contributed by atoms with van der Waals surface area (Å²) in [6.45, 7) is 3.61. The summed E-state index contributed by atoms with van der Waals surface area (Å²) in [5.74, 6) is 1.64. The summed E-state index contributed by atoms with van der Waals surface area (Å²) in [5.41, 5.74) is 0. The second-order valence-corrected chi connectivity index (χ2v) is 3.15. The zero-order valence-corrected chi connectivity index (χ0v) is 8.47. The van der Waals surface area contributed by atoms with E-state index in [0.29, 0.717) is 6.42 Å². The van der Waals surface area contributed by atoms with Crippen LogP contribution in [-0.4, -0.2) is 27.8 Å². The third-order valence-electron chi connectivity index (χ3n) is 1.72. The van der Waals surface area contributed by atoms with E-state index in [4.69, 9.17) is 11.5 Å². The van der Waals surface area contributed by atoms with Gasteiger partial charge in [0, 0.05) is 0 Å². The lowest BCUT2D eigenvalue weighted by molar-refractivity contribution is -0.141. The first-order chi connectivity index (χ1) is 5.54. The molecule has 0 aliphatic rings. The molecule has 0 heterocycles. The Morgan fingerprint density at radius 3 is 2.58 bits per heavy atom. The summed E-state index contributed by atoms with van der Waals surface area (Å²) < 4.78 is 1.60. The molecular weight excluding hydrogens is 173 g/mol. The van der Waals surface area contributed by atoms with Crippen LogP contribution >= 0.6 is 9.39 Å². The molecule has 0 bridgehead atoms. The summed E-state index contributed by atoms with van der Waals surface area (Å²) in [5, 5.41) is 8.76. The van der Waals surface area contributed by atoms with Crippen LogP contribution in [0.5, 0.6) is 0 Å².